The van der Waals surface area contributed by atoms with Crippen molar-refractivity contribution in [1.82, 2.24) is 0 Å². The lowest BCUT2D eigenvalue weighted by molar-refractivity contribution is -0.0249. The van der Waals surface area contributed by atoms with Gasteiger partial charge in [0.05, 0.1) is 27.9 Å². The van der Waals surface area contributed by atoms with E-state index in [0.717, 1.165) is 6.42 Å². The van der Waals surface area contributed by atoms with Crippen molar-refractivity contribution in [1.29, 1.82) is 0 Å². The lowest BCUT2D eigenvalue weighted by Crippen LogP contribution is -2.24. The molecule has 8 heteroatoms. The summed E-state index contributed by atoms with van der Waals surface area (Å²) in [6.45, 7) is 6.71. The summed E-state index contributed by atoms with van der Waals surface area (Å²) in [5.74, 6) is 0.508. The minimum Gasteiger partial charge on any atom is -0.414 e. The van der Waals surface area contributed by atoms with Crippen LogP contribution in [0.15, 0.2) is 48.5 Å². The number of rotatable bonds is 13. The van der Waals surface area contributed by atoms with Crippen molar-refractivity contribution < 1.29 is 23.5 Å². The number of ether oxygens (including phenoxy) is 1. The third-order valence-corrected chi connectivity index (χ3v) is 7.29. The van der Waals surface area contributed by atoms with E-state index in [9.17, 15) is 9.67 Å². The summed E-state index contributed by atoms with van der Waals surface area (Å²) < 4.78 is 30.8. The van der Waals surface area contributed by atoms with Crippen LogP contribution in [0.2, 0.25) is 10.0 Å². The Morgan fingerprint density at radius 2 is 1.48 bits per heavy atom. The number of aliphatic hydroxyl groups is 1. The summed E-state index contributed by atoms with van der Waals surface area (Å²) in [6.07, 6.45) is 1.72. The molecular weight excluding hydrogens is 458 g/mol. The molecule has 0 bridgehead atoms. The van der Waals surface area contributed by atoms with Crippen molar-refractivity contribution in [3.05, 3.63) is 58.6 Å². The third kappa shape index (κ3) is 9.03. The van der Waals surface area contributed by atoms with E-state index in [0.29, 0.717) is 29.5 Å². The SMILES string of the molecule is CCC(C)(C)OCCCC(O)CCP(=O)(Oc1ccccc1Cl)Oc1ccccc1Cl. The summed E-state index contributed by atoms with van der Waals surface area (Å²) in [7, 11) is -3.70. The van der Waals surface area contributed by atoms with Crippen LogP contribution in [0, 0.1) is 0 Å². The Labute approximate surface area is 195 Å². The first kappa shape index (κ1) is 26.0. The molecule has 2 aromatic carbocycles. The zero-order valence-electron chi connectivity index (χ0n) is 18.2. The summed E-state index contributed by atoms with van der Waals surface area (Å²) in [4.78, 5) is 0. The maximum absolute atomic E-state index is 13.6. The molecule has 0 spiro atoms. The van der Waals surface area contributed by atoms with Crippen molar-refractivity contribution in [2.75, 3.05) is 12.8 Å². The van der Waals surface area contributed by atoms with Crippen LogP contribution < -0.4 is 9.05 Å². The zero-order valence-corrected chi connectivity index (χ0v) is 20.6. The molecule has 0 amide bonds. The average molecular weight is 489 g/mol. The maximum Gasteiger partial charge on any atom is 0.430 e. The zero-order chi connectivity index (χ0) is 22.9. The predicted molar refractivity (Wildman–Crippen MR) is 127 cm³/mol. The molecule has 0 saturated heterocycles. The molecular formula is C23H31Cl2O5P. The first-order valence-electron chi connectivity index (χ1n) is 10.4. The van der Waals surface area contributed by atoms with Crippen LogP contribution in [0.1, 0.15) is 46.5 Å². The van der Waals surface area contributed by atoms with Gasteiger partial charge >= 0.3 is 7.60 Å². The average Bonchev–Trinajstić information content (AvgIpc) is 2.73. The van der Waals surface area contributed by atoms with E-state index in [1.54, 1.807) is 48.5 Å². The molecule has 0 aliphatic carbocycles. The second-order valence-electron chi connectivity index (χ2n) is 7.92. The predicted octanol–water partition coefficient (Wildman–Crippen LogP) is 7.38. The highest BCUT2D eigenvalue weighted by molar-refractivity contribution is 7.54. The topological polar surface area (TPSA) is 65.0 Å². The standard InChI is InChI=1S/C23H31Cl2O5P/c1-4-23(2,3)28-16-9-10-18(26)15-17-31(27,29-21-13-7-5-11-19(21)24)30-22-14-8-6-12-20(22)25/h5-8,11-14,18,26H,4,9-10,15-17H2,1-3H3. The van der Waals surface area contributed by atoms with E-state index in [2.05, 4.69) is 6.92 Å². The van der Waals surface area contributed by atoms with Crippen LogP contribution >= 0.6 is 30.8 Å². The minimum atomic E-state index is -3.70. The highest BCUT2D eigenvalue weighted by atomic mass is 35.5. The van der Waals surface area contributed by atoms with Gasteiger partial charge in [-0.2, -0.15) is 0 Å². The quantitative estimate of drug-likeness (QED) is 0.235. The van der Waals surface area contributed by atoms with Gasteiger partial charge in [-0.25, -0.2) is 4.57 Å². The summed E-state index contributed by atoms with van der Waals surface area (Å²) >= 11 is 12.3. The Kier molecular flexibility index (Phi) is 10.2. The smallest absolute Gasteiger partial charge is 0.414 e. The Balaban J connectivity index is 2.01. The van der Waals surface area contributed by atoms with Gasteiger partial charge in [-0.3, -0.25) is 0 Å². The normalized spacial score (nSPS) is 13.1. The van der Waals surface area contributed by atoms with Crippen LogP contribution in [0.3, 0.4) is 0 Å². The molecule has 0 heterocycles. The lowest BCUT2D eigenvalue weighted by atomic mass is 10.1. The highest BCUT2D eigenvalue weighted by Crippen LogP contribution is 2.51. The fraction of sp³-hybridized carbons (Fsp3) is 0.478. The molecule has 0 saturated carbocycles. The van der Waals surface area contributed by atoms with Gasteiger partial charge in [-0.15, -0.1) is 0 Å². The molecule has 5 nitrogen and oxygen atoms in total. The van der Waals surface area contributed by atoms with Gasteiger partial charge in [0.2, 0.25) is 0 Å². The Bertz CT molecular complexity index is 823. The van der Waals surface area contributed by atoms with E-state index in [1.165, 1.54) is 0 Å². The summed E-state index contributed by atoms with van der Waals surface area (Å²) in [5, 5.41) is 11.0. The number of benzene rings is 2. The van der Waals surface area contributed by atoms with E-state index in [4.69, 9.17) is 37.0 Å². The molecule has 0 aromatic heterocycles. The van der Waals surface area contributed by atoms with Crippen LogP contribution in [0.25, 0.3) is 0 Å². The molecule has 0 aliphatic heterocycles. The molecule has 2 rings (SSSR count). The summed E-state index contributed by atoms with van der Waals surface area (Å²) in [6, 6.07) is 13.5. The van der Waals surface area contributed by atoms with Crippen molar-refractivity contribution in [3.63, 3.8) is 0 Å². The van der Waals surface area contributed by atoms with Crippen LogP contribution in [0.4, 0.5) is 0 Å². The molecule has 2 aromatic rings. The maximum atomic E-state index is 13.6. The van der Waals surface area contributed by atoms with Crippen molar-refractivity contribution in [2.45, 2.75) is 58.2 Å². The van der Waals surface area contributed by atoms with E-state index < -0.39 is 13.7 Å². The fourth-order valence-electron chi connectivity index (χ4n) is 2.67. The molecule has 172 valence electrons. The Morgan fingerprint density at radius 1 is 0.968 bits per heavy atom. The highest BCUT2D eigenvalue weighted by Gasteiger charge is 2.30. The minimum absolute atomic E-state index is 0.00588. The largest absolute Gasteiger partial charge is 0.430 e. The van der Waals surface area contributed by atoms with Crippen LogP contribution in [-0.4, -0.2) is 29.6 Å². The number of halogens is 2. The monoisotopic (exact) mass is 488 g/mol. The second-order valence-corrected chi connectivity index (χ2v) is 10.8. The van der Waals surface area contributed by atoms with Crippen molar-refractivity contribution in [3.8, 4) is 11.5 Å². The third-order valence-electron chi connectivity index (χ3n) is 4.91. The number of aliphatic hydroxyl groups excluding tert-OH is 1. The van der Waals surface area contributed by atoms with Gasteiger partial charge in [-0.1, -0.05) is 54.4 Å². The van der Waals surface area contributed by atoms with E-state index in [1.807, 2.05) is 13.8 Å². The van der Waals surface area contributed by atoms with Crippen molar-refractivity contribution >= 4 is 30.8 Å². The lowest BCUT2D eigenvalue weighted by Gasteiger charge is -2.24. The van der Waals surface area contributed by atoms with Gasteiger partial charge in [0.1, 0.15) is 11.5 Å². The van der Waals surface area contributed by atoms with Crippen molar-refractivity contribution in [2.24, 2.45) is 0 Å². The first-order valence-corrected chi connectivity index (χ1v) is 12.9. The Hall–Kier alpha value is -1.23. The number of hydrogen-bond donors (Lipinski definition) is 1. The molecule has 31 heavy (non-hydrogen) atoms. The van der Waals surface area contributed by atoms with E-state index >= 15 is 0 Å². The molecule has 0 radical (unpaired) electrons. The van der Waals surface area contributed by atoms with Gasteiger partial charge in [0.15, 0.2) is 0 Å². The van der Waals surface area contributed by atoms with Gasteiger partial charge in [-0.05, 0) is 63.8 Å². The van der Waals surface area contributed by atoms with Crippen LogP contribution in [-0.2, 0) is 9.30 Å². The molecule has 1 N–H and O–H groups in total. The van der Waals surface area contributed by atoms with E-state index in [-0.39, 0.29) is 29.7 Å². The first-order chi connectivity index (χ1) is 14.6. The molecule has 0 fully saturated rings. The fourth-order valence-corrected chi connectivity index (χ4v) is 4.88. The van der Waals surface area contributed by atoms with Gasteiger partial charge < -0.3 is 18.9 Å². The van der Waals surface area contributed by atoms with Crippen LogP contribution in [0.5, 0.6) is 11.5 Å². The van der Waals surface area contributed by atoms with Gasteiger partial charge in [0.25, 0.3) is 0 Å². The Morgan fingerprint density at radius 3 is 1.97 bits per heavy atom. The molecule has 1 atom stereocenters. The molecule has 1 unspecified atom stereocenters. The number of hydrogen-bond acceptors (Lipinski definition) is 5. The number of para-hydroxylation sites is 2. The second kappa shape index (κ2) is 12.1. The van der Waals surface area contributed by atoms with Gasteiger partial charge in [0, 0.05) is 6.61 Å². The molecule has 0 aliphatic rings. The summed E-state index contributed by atoms with van der Waals surface area (Å²) in [5.41, 5.74) is -0.174.